The first-order valence-corrected chi connectivity index (χ1v) is 15.4. The van der Waals surface area contributed by atoms with Crippen molar-refractivity contribution in [2.24, 2.45) is 23.7 Å². The van der Waals surface area contributed by atoms with Gasteiger partial charge in [-0.15, -0.1) is 0 Å². The minimum atomic E-state index is -1.29. The molecule has 2 atom stereocenters. The number of aromatic nitrogens is 1. The lowest BCUT2D eigenvalue weighted by Crippen LogP contribution is -2.60. The minimum Gasteiger partial charge on any atom is -0.481 e. The predicted octanol–water partition coefficient (Wildman–Crippen LogP) is 5.78. The summed E-state index contributed by atoms with van der Waals surface area (Å²) in [4.78, 5) is 42.1. The Balaban J connectivity index is 1.20. The van der Waals surface area contributed by atoms with Gasteiger partial charge in [0.1, 0.15) is 11.6 Å². The molecule has 0 radical (unpaired) electrons. The van der Waals surface area contributed by atoms with Crippen LogP contribution in [0, 0.1) is 23.7 Å². The number of hydrogen-bond donors (Lipinski definition) is 4. The molecule has 8 heteroatoms. The lowest BCUT2D eigenvalue weighted by molar-refractivity contribution is -0.137. The first-order valence-electron chi connectivity index (χ1n) is 15.4. The van der Waals surface area contributed by atoms with E-state index < -0.39 is 17.6 Å². The van der Waals surface area contributed by atoms with Crippen LogP contribution in [0.1, 0.15) is 68.9 Å². The van der Waals surface area contributed by atoms with Gasteiger partial charge in [-0.25, -0.2) is 4.79 Å². The van der Waals surface area contributed by atoms with E-state index in [-0.39, 0.29) is 37.3 Å². The number of rotatable bonds is 11. The van der Waals surface area contributed by atoms with Crippen molar-refractivity contribution in [1.82, 2.24) is 15.6 Å². The molecule has 4 bridgehead atoms. The fourth-order valence-electron chi connectivity index (χ4n) is 8.11. The van der Waals surface area contributed by atoms with Crippen LogP contribution in [0.25, 0.3) is 10.9 Å². The van der Waals surface area contributed by atoms with Gasteiger partial charge in [0.15, 0.2) is 0 Å². The van der Waals surface area contributed by atoms with Gasteiger partial charge in [-0.3, -0.25) is 9.59 Å². The van der Waals surface area contributed by atoms with Gasteiger partial charge in [-0.05, 0) is 86.3 Å². The SMILES string of the molecule is CC(Cc1c[nH]c2ccccc12)(NC(=O)OC1C2CC3CC(C2)CC1C3)C(=O)NCC(CCC(=O)O)c1ccccc1. The highest BCUT2D eigenvalue weighted by atomic mass is 16.6. The van der Waals surface area contributed by atoms with Crippen molar-refractivity contribution < 1.29 is 24.2 Å². The zero-order chi connectivity index (χ0) is 29.3. The molecule has 222 valence electrons. The Morgan fingerprint density at radius 2 is 1.64 bits per heavy atom. The maximum Gasteiger partial charge on any atom is 0.408 e. The van der Waals surface area contributed by atoms with Crippen LogP contribution in [0.3, 0.4) is 0 Å². The number of H-pyrrole nitrogens is 1. The number of alkyl carbamates (subject to hydrolysis) is 1. The van der Waals surface area contributed by atoms with Gasteiger partial charge in [0, 0.05) is 42.4 Å². The highest BCUT2D eigenvalue weighted by Gasteiger charge is 2.50. The summed E-state index contributed by atoms with van der Waals surface area (Å²) in [7, 11) is 0. The monoisotopic (exact) mass is 571 g/mol. The summed E-state index contributed by atoms with van der Waals surface area (Å²) >= 11 is 0. The third kappa shape index (κ3) is 6.03. The van der Waals surface area contributed by atoms with Crippen LogP contribution in [0.4, 0.5) is 4.79 Å². The molecule has 4 saturated carbocycles. The summed E-state index contributed by atoms with van der Waals surface area (Å²) < 4.78 is 6.14. The van der Waals surface area contributed by atoms with Crippen molar-refractivity contribution >= 4 is 28.9 Å². The zero-order valence-corrected chi connectivity index (χ0v) is 24.2. The molecule has 2 amide bonds. The van der Waals surface area contributed by atoms with Crippen molar-refractivity contribution in [3.05, 3.63) is 71.9 Å². The number of hydrogen-bond acceptors (Lipinski definition) is 4. The van der Waals surface area contributed by atoms with Crippen LogP contribution in [0.5, 0.6) is 0 Å². The standard InChI is InChI=1S/C34H41N3O5/c1-34(18-27-20-35-29-10-6-5-9-28(27)29,32(40)36-19-24(11-12-30(38)39)23-7-3-2-4-8-23)37-33(41)42-31-25-14-21-13-22(16-25)17-26(31)15-21/h2-10,20-22,24-26,31,35H,11-19H2,1H3,(H,36,40)(H,37,41)(H,38,39). The second-order valence-corrected chi connectivity index (χ2v) is 13.0. The molecule has 4 N–H and O–H groups in total. The highest BCUT2D eigenvalue weighted by Crippen LogP contribution is 2.54. The van der Waals surface area contributed by atoms with Crippen molar-refractivity contribution in [2.75, 3.05) is 6.54 Å². The van der Waals surface area contributed by atoms with Gasteiger partial charge in [0.05, 0.1) is 0 Å². The molecule has 3 aromatic rings. The Hall–Kier alpha value is -3.81. The van der Waals surface area contributed by atoms with E-state index in [2.05, 4.69) is 15.6 Å². The first kappa shape index (κ1) is 28.3. The number of ether oxygens (including phenoxy) is 1. The fraction of sp³-hybridized carbons (Fsp3) is 0.500. The fourth-order valence-corrected chi connectivity index (χ4v) is 8.11. The number of para-hydroxylation sites is 1. The number of benzene rings is 2. The summed E-state index contributed by atoms with van der Waals surface area (Å²) in [5.74, 6) is 0.998. The number of aliphatic carboxylic acids is 1. The normalized spacial score (nSPS) is 26.4. The van der Waals surface area contributed by atoms with Crippen LogP contribution in [0.15, 0.2) is 60.8 Å². The number of carboxylic acids is 1. The Kier molecular flexibility index (Phi) is 7.97. The van der Waals surface area contributed by atoms with Crippen molar-refractivity contribution in [3.63, 3.8) is 0 Å². The van der Waals surface area contributed by atoms with Crippen LogP contribution in [-0.2, 0) is 20.7 Å². The van der Waals surface area contributed by atoms with Gasteiger partial charge >= 0.3 is 12.1 Å². The molecule has 4 aliphatic carbocycles. The summed E-state index contributed by atoms with van der Waals surface area (Å²) in [5.41, 5.74) is 1.56. The van der Waals surface area contributed by atoms with Crippen molar-refractivity contribution in [1.29, 1.82) is 0 Å². The quantitative estimate of drug-likeness (QED) is 0.232. The summed E-state index contributed by atoms with van der Waals surface area (Å²) in [5, 5.41) is 16.3. The number of aromatic amines is 1. The predicted molar refractivity (Wildman–Crippen MR) is 160 cm³/mol. The number of amides is 2. The third-order valence-electron chi connectivity index (χ3n) is 9.97. The van der Waals surface area contributed by atoms with E-state index in [1.807, 2.05) is 60.8 Å². The minimum absolute atomic E-state index is 0.00193. The molecule has 4 aliphatic rings. The van der Waals surface area contributed by atoms with Gasteiger partial charge in [0.2, 0.25) is 5.91 Å². The maximum absolute atomic E-state index is 14.0. The van der Waals surface area contributed by atoms with E-state index in [1.54, 1.807) is 6.92 Å². The summed E-state index contributed by atoms with van der Waals surface area (Å²) in [6.45, 7) is 2.00. The molecule has 1 heterocycles. The smallest absolute Gasteiger partial charge is 0.408 e. The van der Waals surface area contributed by atoms with E-state index in [4.69, 9.17) is 4.74 Å². The second kappa shape index (κ2) is 11.8. The summed E-state index contributed by atoms with van der Waals surface area (Å²) in [6, 6.07) is 17.5. The number of nitrogens with one attached hydrogen (secondary N) is 3. The van der Waals surface area contributed by atoms with Crippen LogP contribution in [0.2, 0.25) is 0 Å². The highest BCUT2D eigenvalue weighted by molar-refractivity contribution is 5.91. The molecule has 2 aromatic carbocycles. The third-order valence-corrected chi connectivity index (χ3v) is 9.97. The molecule has 2 unspecified atom stereocenters. The van der Waals surface area contributed by atoms with Gasteiger partial charge in [-0.1, -0.05) is 48.5 Å². The molecular formula is C34H41N3O5. The summed E-state index contributed by atoms with van der Waals surface area (Å²) in [6.07, 6.45) is 7.77. The molecule has 42 heavy (non-hydrogen) atoms. The number of fused-ring (bicyclic) bond motifs is 1. The van der Waals surface area contributed by atoms with Crippen LogP contribution in [-0.4, -0.2) is 46.2 Å². The molecule has 0 spiro atoms. The Morgan fingerprint density at radius 1 is 0.976 bits per heavy atom. The number of carbonyl (C=O) groups excluding carboxylic acids is 2. The van der Waals surface area contributed by atoms with E-state index in [0.29, 0.717) is 18.3 Å². The van der Waals surface area contributed by atoms with E-state index in [1.165, 1.54) is 6.42 Å². The lowest BCUT2D eigenvalue weighted by atomic mass is 9.55. The Morgan fingerprint density at radius 3 is 2.33 bits per heavy atom. The van der Waals surface area contributed by atoms with Gasteiger partial charge in [-0.2, -0.15) is 0 Å². The zero-order valence-electron chi connectivity index (χ0n) is 24.2. The second-order valence-electron chi connectivity index (χ2n) is 13.0. The van der Waals surface area contributed by atoms with E-state index in [9.17, 15) is 19.5 Å². The van der Waals surface area contributed by atoms with E-state index in [0.717, 1.165) is 59.5 Å². The molecule has 0 saturated heterocycles. The average molecular weight is 572 g/mol. The Labute approximate surface area is 246 Å². The maximum atomic E-state index is 14.0. The molecule has 1 aromatic heterocycles. The van der Waals surface area contributed by atoms with Crippen molar-refractivity contribution in [3.8, 4) is 0 Å². The van der Waals surface area contributed by atoms with Gasteiger partial charge in [0.25, 0.3) is 0 Å². The van der Waals surface area contributed by atoms with Crippen LogP contribution >= 0.6 is 0 Å². The first-order chi connectivity index (χ1) is 20.3. The molecule has 4 fully saturated rings. The number of carbonyl (C=O) groups is 3. The van der Waals surface area contributed by atoms with Crippen molar-refractivity contribution in [2.45, 2.75) is 75.9 Å². The Bertz CT molecular complexity index is 1410. The topological polar surface area (TPSA) is 121 Å². The van der Waals surface area contributed by atoms with Crippen LogP contribution < -0.4 is 10.6 Å². The molecule has 0 aliphatic heterocycles. The lowest BCUT2D eigenvalue weighted by Gasteiger charge is -2.53. The van der Waals surface area contributed by atoms with E-state index >= 15 is 0 Å². The molecule has 7 rings (SSSR count). The van der Waals surface area contributed by atoms with Gasteiger partial charge < -0.3 is 25.5 Å². The largest absolute Gasteiger partial charge is 0.481 e. The number of carboxylic acid groups (broad SMARTS) is 1. The molecular weight excluding hydrogens is 530 g/mol. The average Bonchev–Trinajstić information content (AvgIpc) is 3.37. The molecule has 8 nitrogen and oxygen atoms in total.